The minimum atomic E-state index is 0.311. The lowest BCUT2D eigenvalue weighted by Crippen LogP contribution is -1.97. The van der Waals surface area contributed by atoms with Gasteiger partial charge in [-0.15, -0.1) is 0 Å². The average molecular weight is 355 g/mol. The number of nitrogens with zero attached hydrogens (tertiary/aromatic N) is 1. The Balaban J connectivity index is 2.08. The summed E-state index contributed by atoms with van der Waals surface area (Å²) in [6.45, 7) is 2.05. The lowest BCUT2D eigenvalue weighted by Gasteiger charge is -2.10. The molecule has 0 saturated heterocycles. The van der Waals surface area contributed by atoms with Gasteiger partial charge in [0.1, 0.15) is 0 Å². The van der Waals surface area contributed by atoms with Crippen molar-refractivity contribution in [2.75, 3.05) is 0 Å². The Hall–Kier alpha value is -0.670. The van der Waals surface area contributed by atoms with E-state index < -0.39 is 0 Å². The van der Waals surface area contributed by atoms with Crippen LogP contribution in [0.5, 0.6) is 0 Å². The van der Waals surface area contributed by atoms with Gasteiger partial charge < -0.3 is 0 Å². The van der Waals surface area contributed by atoms with Gasteiger partial charge in [-0.05, 0) is 36.2 Å². The second-order valence-electron chi connectivity index (χ2n) is 4.05. The molecule has 0 spiro atoms. The summed E-state index contributed by atoms with van der Waals surface area (Å²) in [7, 11) is 0. The molecule has 0 aliphatic carbocycles. The van der Waals surface area contributed by atoms with Crippen LogP contribution in [0, 0.1) is 6.92 Å². The Kier molecular flexibility index (Phi) is 4.35. The monoisotopic (exact) mass is 353 g/mol. The van der Waals surface area contributed by atoms with Gasteiger partial charge in [-0.1, -0.05) is 50.1 Å². The Morgan fingerprint density at radius 3 is 2.41 bits per heavy atom. The Morgan fingerprint density at radius 2 is 1.82 bits per heavy atom. The highest BCUT2D eigenvalue weighted by molar-refractivity contribution is 9.10. The molecule has 0 N–H and O–H groups in total. The number of hydrogen-bond donors (Lipinski definition) is 0. The number of rotatable bonds is 3. The van der Waals surface area contributed by atoms with E-state index in [2.05, 4.69) is 80.2 Å². The fourth-order valence-electron chi connectivity index (χ4n) is 1.59. The first-order valence-electron chi connectivity index (χ1n) is 5.46. The fraction of sp³-hybridized carbons (Fsp3) is 0.214. The molecule has 2 aromatic rings. The van der Waals surface area contributed by atoms with E-state index in [-0.39, 0.29) is 0 Å². The van der Waals surface area contributed by atoms with Crippen molar-refractivity contribution in [3.05, 3.63) is 63.9 Å². The van der Waals surface area contributed by atoms with E-state index >= 15 is 0 Å². The molecule has 0 saturated carbocycles. The third-order valence-electron chi connectivity index (χ3n) is 2.59. The maximum absolute atomic E-state index is 4.42. The second kappa shape index (κ2) is 5.78. The molecule has 1 unspecified atom stereocenters. The van der Waals surface area contributed by atoms with Crippen LogP contribution in [0.15, 0.2) is 47.1 Å². The molecular weight excluding hydrogens is 342 g/mol. The van der Waals surface area contributed by atoms with Crippen LogP contribution in [-0.4, -0.2) is 4.98 Å². The molecular formula is C14H13Br2N. The van der Waals surface area contributed by atoms with E-state index in [0.717, 1.165) is 16.6 Å². The van der Waals surface area contributed by atoms with Crippen molar-refractivity contribution >= 4 is 31.9 Å². The van der Waals surface area contributed by atoms with Crippen molar-refractivity contribution in [3.63, 3.8) is 0 Å². The van der Waals surface area contributed by atoms with E-state index in [1.165, 1.54) is 11.1 Å². The topological polar surface area (TPSA) is 12.9 Å². The van der Waals surface area contributed by atoms with Crippen molar-refractivity contribution in [1.29, 1.82) is 0 Å². The van der Waals surface area contributed by atoms with Crippen LogP contribution in [0.25, 0.3) is 0 Å². The van der Waals surface area contributed by atoms with Crippen LogP contribution in [0.3, 0.4) is 0 Å². The van der Waals surface area contributed by atoms with Crippen molar-refractivity contribution in [3.8, 4) is 0 Å². The van der Waals surface area contributed by atoms with Crippen LogP contribution in [0.4, 0.5) is 0 Å². The van der Waals surface area contributed by atoms with Gasteiger partial charge >= 0.3 is 0 Å². The largest absolute Gasteiger partial charge is 0.261 e. The molecule has 1 atom stereocenters. The number of aryl methyl sites for hydroxylation is 1. The van der Waals surface area contributed by atoms with Crippen LogP contribution < -0.4 is 0 Å². The molecule has 0 amide bonds. The third kappa shape index (κ3) is 3.65. The molecule has 1 nitrogen and oxygen atoms in total. The Morgan fingerprint density at radius 1 is 1.12 bits per heavy atom. The summed E-state index contributed by atoms with van der Waals surface area (Å²) in [5, 5.41) is 0. The molecule has 1 heterocycles. The molecule has 88 valence electrons. The van der Waals surface area contributed by atoms with Gasteiger partial charge in [-0.3, -0.25) is 4.98 Å². The van der Waals surface area contributed by atoms with E-state index in [9.17, 15) is 0 Å². The molecule has 0 fully saturated rings. The van der Waals surface area contributed by atoms with Crippen LogP contribution in [-0.2, 0) is 6.42 Å². The van der Waals surface area contributed by atoms with Crippen molar-refractivity contribution in [1.82, 2.24) is 4.98 Å². The minimum absolute atomic E-state index is 0.311. The zero-order chi connectivity index (χ0) is 12.3. The second-order valence-corrected chi connectivity index (χ2v) is 6.07. The first-order valence-corrected chi connectivity index (χ1v) is 7.17. The molecule has 0 bridgehead atoms. The predicted octanol–water partition coefficient (Wildman–Crippen LogP) is 4.83. The van der Waals surface area contributed by atoms with Crippen LogP contribution >= 0.6 is 31.9 Å². The molecule has 0 aliphatic rings. The summed E-state index contributed by atoms with van der Waals surface area (Å²) in [6, 6.07) is 12.6. The lowest BCUT2D eigenvalue weighted by molar-refractivity contribution is 0.902. The lowest BCUT2D eigenvalue weighted by atomic mass is 10.1. The number of aromatic nitrogens is 1. The highest BCUT2D eigenvalue weighted by Crippen LogP contribution is 2.27. The summed E-state index contributed by atoms with van der Waals surface area (Å²) in [4.78, 5) is 4.73. The Labute approximate surface area is 119 Å². The number of benzene rings is 1. The first kappa shape index (κ1) is 12.8. The third-order valence-corrected chi connectivity index (χ3v) is 3.97. The minimum Gasteiger partial charge on any atom is -0.261 e. The predicted molar refractivity (Wildman–Crippen MR) is 78.5 cm³/mol. The maximum Gasteiger partial charge on any atom is 0.0450 e. The van der Waals surface area contributed by atoms with E-state index in [0.29, 0.717) is 4.83 Å². The maximum atomic E-state index is 4.42. The zero-order valence-electron chi connectivity index (χ0n) is 9.53. The highest BCUT2D eigenvalue weighted by Gasteiger charge is 2.08. The van der Waals surface area contributed by atoms with Crippen LogP contribution in [0.1, 0.15) is 21.6 Å². The number of alkyl halides is 1. The molecule has 2 rings (SSSR count). The van der Waals surface area contributed by atoms with Gasteiger partial charge in [-0.2, -0.15) is 0 Å². The summed E-state index contributed by atoms with van der Waals surface area (Å²) in [5.41, 5.74) is 3.58. The van der Waals surface area contributed by atoms with Gasteiger partial charge in [0.25, 0.3) is 0 Å². The number of hydrogen-bond acceptors (Lipinski definition) is 1. The number of pyridine rings is 1. The van der Waals surface area contributed by atoms with Gasteiger partial charge in [0, 0.05) is 27.6 Å². The smallest absolute Gasteiger partial charge is 0.0450 e. The SMILES string of the molecule is Cc1ccc(CC(Br)c2ccc(Br)cc2)nc1. The highest BCUT2D eigenvalue weighted by atomic mass is 79.9. The molecule has 0 aliphatic heterocycles. The fourth-order valence-corrected chi connectivity index (χ4v) is 2.49. The van der Waals surface area contributed by atoms with Crippen molar-refractivity contribution < 1.29 is 0 Å². The Bertz CT molecular complexity index is 477. The average Bonchev–Trinajstić information content (AvgIpc) is 2.33. The summed E-state index contributed by atoms with van der Waals surface area (Å²) >= 11 is 7.15. The summed E-state index contributed by atoms with van der Waals surface area (Å²) in [6.07, 6.45) is 2.82. The van der Waals surface area contributed by atoms with Gasteiger partial charge in [0.15, 0.2) is 0 Å². The standard InChI is InChI=1S/C14H13Br2N/c1-10-2-7-13(17-9-10)8-14(16)11-3-5-12(15)6-4-11/h2-7,9,14H,8H2,1H3. The van der Waals surface area contributed by atoms with Gasteiger partial charge in [-0.25, -0.2) is 0 Å². The molecule has 0 radical (unpaired) electrons. The summed E-state index contributed by atoms with van der Waals surface area (Å²) in [5.74, 6) is 0. The van der Waals surface area contributed by atoms with Crippen LogP contribution in [0.2, 0.25) is 0 Å². The first-order chi connectivity index (χ1) is 8.15. The molecule has 1 aromatic carbocycles. The zero-order valence-corrected chi connectivity index (χ0v) is 12.7. The molecule has 1 aromatic heterocycles. The molecule has 17 heavy (non-hydrogen) atoms. The normalized spacial score (nSPS) is 12.4. The van der Waals surface area contributed by atoms with Crippen molar-refractivity contribution in [2.45, 2.75) is 18.2 Å². The van der Waals surface area contributed by atoms with E-state index in [1.807, 2.05) is 6.20 Å². The van der Waals surface area contributed by atoms with E-state index in [4.69, 9.17) is 0 Å². The van der Waals surface area contributed by atoms with Crippen molar-refractivity contribution in [2.24, 2.45) is 0 Å². The quantitative estimate of drug-likeness (QED) is 0.719. The van der Waals surface area contributed by atoms with Gasteiger partial charge in [0.05, 0.1) is 0 Å². The van der Waals surface area contributed by atoms with E-state index in [1.54, 1.807) is 0 Å². The summed E-state index contributed by atoms with van der Waals surface area (Å²) < 4.78 is 1.11. The number of halogens is 2. The van der Waals surface area contributed by atoms with Gasteiger partial charge in [0.2, 0.25) is 0 Å². The molecule has 3 heteroatoms.